The molecule has 0 aliphatic heterocycles. The number of sulfonamides is 1. The number of nitrogens with zero attached hydrogens (tertiary/aromatic N) is 2. The number of hydrogen-bond acceptors (Lipinski definition) is 7. The van der Waals surface area contributed by atoms with Crippen molar-refractivity contribution >= 4 is 39.3 Å². The van der Waals surface area contributed by atoms with Crippen molar-refractivity contribution in [2.45, 2.75) is 54.7 Å². The molecule has 31 heavy (non-hydrogen) atoms. The largest absolute Gasteiger partial charge is 0.325 e. The summed E-state index contributed by atoms with van der Waals surface area (Å²) < 4.78 is 25.9. The summed E-state index contributed by atoms with van der Waals surface area (Å²) in [5, 5.41) is 12.3. The third-order valence-electron chi connectivity index (χ3n) is 4.76. The van der Waals surface area contributed by atoms with Gasteiger partial charge in [-0.3, -0.25) is 9.59 Å². The van der Waals surface area contributed by atoms with Gasteiger partial charge in [-0.05, 0) is 61.6 Å². The summed E-state index contributed by atoms with van der Waals surface area (Å²) in [7, 11) is -3.93. The Kier molecular flexibility index (Phi) is 6.97. The number of fused-ring (bicyclic) bond motifs is 1. The van der Waals surface area contributed by atoms with E-state index >= 15 is 0 Å². The molecule has 3 rings (SSSR count). The van der Waals surface area contributed by atoms with E-state index in [0.29, 0.717) is 22.7 Å². The van der Waals surface area contributed by atoms with E-state index in [0.717, 1.165) is 37.4 Å². The van der Waals surface area contributed by atoms with Gasteiger partial charge in [-0.2, -0.15) is 5.26 Å². The number of nitrogens with one attached hydrogen (secondary N) is 2. The van der Waals surface area contributed by atoms with Crippen LogP contribution in [0.1, 0.15) is 43.5 Å². The van der Waals surface area contributed by atoms with E-state index in [-0.39, 0.29) is 10.8 Å². The summed E-state index contributed by atoms with van der Waals surface area (Å²) >= 11 is 1.26. The highest BCUT2D eigenvalue weighted by molar-refractivity contribution is 8.00. The fraction of sp³-hybridized carbons (Fsp3) is 0.333. The van der Waals surface area contributed by atoms with Crippen LogP contribution in [0, 0.1) is 11.3 Å². The Morgan fingerprint density at radius 1 is 1.26 bits per heavy atom. The summed E-state index contributed by atoms with van der Waals surface area (Å²) in [4.78, 5) is 28.4. The molecule has 0 saturated carbocycles. The molecule has 1 aliphatic rings. The van der Waals surface area contributed by atoms with Crippen LogP contribution in [0.25, 0.3) is 0 Å². The topological polar surface area (TPSA) is 129 Å². The lowest BCUT2D eigenvalue weighted by Gasteiger charge is -2.16. The van der Waals surface area contributed by atoms with E-state index in [1.807, 2.05) is 17.7 Å². The molecular weight excluding hydrogens is 436 g/mol. The number of carbonyl (C=O) groups excluding carboxylic acids is 2. The number of benzene rings is 1. The zero-order chi connectivity index (χ0) is 22.6. The molecule has 2 N–H and O–H groups in total. The van der Waals surface area contributed by atoms with E-state index < -0.39 is 21.2 Å². The van der Waals surface area contributed by atoms with E-state index in [2.05, 4.69) is 16.4 Å². The maximum absolute atomic E-state index is 12.8. The molecule has 1 atom stereocenters. The molecule has 2 amide bonds. The van der Waals surface area contributed by atoms with Gasteiger partial charge in [0.15, 0.2) is 0 Å². The fourth-order valence-corrected chi connectivity index (χ4v) is 5.26. The summed E-state index contributed by atoms with van der Waals surface area (Å²) in [6.45, 7) is 2.99. The Morgan fingerprint density at radius 2 is 1.97 bits per heavy atom. The maximum atomic E-state index is 12.8. The van der Waals surface area contributed by atoms with Crippen LogP contribution in [-0.2, 0) is 32.5 Å². The van der Waals surface area contributed by atoms with Gasteiger partial charge in [0, 0.05) is 18.3 Å². The first kappa shape index (κ1) is 22.8. The molecule has 1 unspecified atom stereocenters. The highest BCUT2D eigenvalue weighted by Gasteiger charge is 2.23. The molecule has 2 aromatic rings. The van der Waals surface area contributed by atoms with E-state index in [9.17, 15) is 23.3 Å². The van der Waals surface area contributed by atoms with Crippen molar-refractivity contribution in [1.82, 2.24) is 9.71 Å². The number of carbonyl (C=O) groups is 2. The maximum Gasteiger partial charge on any atom is 0.264 e. The fourth-order valence-electron chi connectivity index (χ4n) is 3.27. The van der Waals surface area contributed by atoms with Crippen molar-refractivity contribution in [3.8, 4) is 6.07 Å². The summed E-state index contributed by atoms with van der Waals surface area (Å²) in [6, 6.07) is 9.58. The third-order valence-corrected chi connectivity index (χ3v) is 7.58. The lowest BCUT2D eigenvalue weighted by Crippen LogP contribution is -2.28. The zero-order valence-electron chi connectivity index (χ0n) is 17.1. The Morgan fingerprint density at radius 3 is 2.58 bits per heavy atom. The molecule has 162 valence electrons. The number of nitriles is 1. The smallest absolute Gasteiger partial charge is 0.264 e. The Hall–Kier alpha value is -2.90. The molecular formula is C21H22N4O4S2. The second-order valence-corrected chi connectivity index (χ2v) is 9.98. The van der Waals surface area contributed by atoms with Crippen LogP contribution < -0.4 is 10.0 Å². The van der Waals surface area contributed by atoms with E-state index in [4.69, 9.17) is 0 Å². The van der Waals surface area contributed by atoms with Crippen molar-refractivity contribution in [3.05, 3.63) is 47.2 Å². The van der Waals surface area contributed by atoms with Crippen LogP contribution in [0.2, 0.25) is 0 Å². The van der Waals surface area contributed by atoms with Crippen LogP contribution >= 0.6 is 11.8 Å². The predicted octanol–water partition coefficient (Wildman–Crippen LogP) is 2.78. The van der Waals surface area contributed by atoms with Crippen molar-refractivity contribution in [2.24, 2.45) is 0 Å². The van der Waals surface area contributed by atoms with Gasteiger partial charge in [0.2, 0.25) is 11.8 Å². The van der Waals surface area contributed by atoms with Crippen molar-refractivity contribution in [1.29, 1.82) is 5.26 Å². The van der Waals surface area contributed by atoms with Gasteiger partial charge in [0.05, 0.1) is 15.7 Å². The van der Waals surface area contributed by atoms with Gasteiger partial charge in [0.1, 0.15) is 11.1 Å². The number of aromatic nitrogens is 1. The van der Waals surface area contributed by atoms with Gasteiger partial charge in [-0.1, -0.05) is 18.7 Å². The molecule has 0 radical (unpaired) electrons. The van der Waals surface area contributed by atoms with Gasteiger partial charge < -0.3 is 5.32 Å². The van der Waals surface area contributed by atoms with Gasteiger partial charge in [-0.15, -0.1) is 0 Å². The molecule has 1 heterocycles. The van der Waals surface area contributed by atoms with Crippen LogP contribution in [0.15, 0.2) is 40.3 Å². The van der Waals surface area contributed by atoms with Gasteiger partial charge in [0.25, 0.3) is 10.0 Å². The van der Waals surface area contributed by atoms with Crippen molar-refractivity contribution in [3.63, 3.8) is 0 Å². The Balaban J connectivity index is 1.72. The van der Waals surface area contributed by atoms with Crippen LogP contribution in [0.4, 0.5) is 5.69 Å². The monoisotopic (exact) mass is 458 g/mol. The second-order valence-electron chi connectivity index (χ2n) is 7.10. The minimum absolute atomic E-state index is 0.0804. The molecule has 8 nitrogen and oxygen atoms in total. The standard InChI is InChI=1S/C21H22N4O4S2/c1-3-19(30-21-15(12-22)11-14-5-4-6-18(14)24-21)20(27)23-16-7-9-17(10-8-16)31(28,29)25-13(2)26/h7-11,19H,3-6H2,1-2H3,(H,23,27)(H,25,26). The first-order valence-electron chi connectivity index (χ1n) is 9.77. The lowest BCUT2D eigenvalue weighted by molar-refractivity contribution is -0.117. The van der Waals surface area contributed by atoms with Gasteiger partial charge >= 0.3 is 0 Å². The second kappa shape index (κ2) is 9.49. The number of thioether (sulfide) groups is 1. The highest BCUT2D eigenvalue weighted by Crippen LogP contribution is 2.31. The SMILES string of the molecule is CCC(Sc1nc2c(cc1C#N)CCC2)C(=O)Nc1ccc(S(=O)(=O)NC(C)=O)cc1. The number of hydrogen-bond donors (Lipinski definition) is 2. The van der Waals surface area contributed by atoms with E-state index in [1.54, 1.807) is 0 Å². The number of anilines is 1. The van der Waals surface area contributed by atoms with Crippen LogP contribution in [0.5, 0.6) is 0 Å². The number of aryl methyl sites for hydroxylation is 2. The van der Waals surface area contributed by atoms with Crippen molar-refractivity contribution in [2.75, 3.05) is 5.32 Å². The minimum atomic E-state index is -3.93. The Bertz CT molecular complexity index is 1160. The van der Waals surface area contributed by atoms with Crippen LogP contribution in [0.3, 0.4) is 0 Å². The minimum Gasteiger partial charge on any atom is -0.325 e. The average molecular weight is 459 g/mol. The number of pyridine rings is 1. The third kappa shape index (κ3) is 5.42. The molecule has 1 aliphatic carbocycles. The zero-order valence-corrected chi connectivity index (χ0v) is 18.8. The molecule has 10 heteroatoms. The molecule has 0 spiro atoms. The summed E-state index contributed by atoms with van der Waals surface area (Å²) in [5.41, 5.74) is 3.00. The molecule has 1 aromatic heterocycles. The molecule has 0 fully saturated rings. The molecule has 1 aromatic carbocycles. The number of rotatable bonds is 7. The molecule has 0 bridgehead atoms. The Labute approximate surface area is 185 Å². The van der Waals surface area contributed by atoms with Crippen LogP contribution in [-0.4, -0.2) is 30.5 Å². The van der Waals surface area contributed by atoms with E-state index in [1.165, 1.54) is 36.0 Å². The average Bonchev–Trinajstić information content (AvgIpc) is 3.17. The normalized spacial score (nSPS) is 13.7. The first-order chi connectivity index (χ1) is 14.7. The highest BCUT2D eigenvalue weighted by atomic mass is 32.2. The predicted molar refractivity (Wildman–Crippen MR) is 117 cm³/mol. The quantitative estimate of drug-likeness (QED) is 0.610. The summed E-state index contributed by atoms with van der Waals surface area (Å²) in [5.74, 6) is -0.951. The lowest BCUT2D eigenvalue weighted by atomic mass is 10.2. The number of amides is 2. The van der Waals surface area contributed by atoms with Crippen molar-refractivity contribution < 1.29 is 18.0 Å². The van der Waals surface area contributed by atoms with Gasteiger partial charge in [-0.25, -0.2) is 18.1 Å². The first-order valence-corrected chi connectivity index (χ1v) is 12.1. The molecule has 0 saturated heterocycles. The summed E-state index contributed by atoms with van der Waals surface area (Å²) in [6.07, 6.45) is 3.35.